The number of nitrogens with one attached hydrogen (secondary N) is 1. The second-order valence-corrected chi connectivity index (χ2v) is 12.9. The van der Waals surface area contributed by atoms with Gasteiger partial charge in [0.1, 0.15) is 11.5 Å². The van der Waals surface area contributed by atoms with E-state index in [2.05, 4.69) is 19.3 Å². The van der Waals surface area contributed by atoms with Crippen LogP contribution in [0.15, 0.2) is 24.4 Å². The van der Waals surface area contributed by atoms with Crippen molar-refractivity contribution in [2.45, 2.75) is 38.3 Å². The summed E-state index contributed by atoms with van der Waals surface area (Å²) in [6, 6.07) is 4.50. The van der Waals surface area contributed by atoms with E-state index in [1.165, 1.54) is 32.5 Å². The molecule has 0 spiro atoms. The summed E-state index contributed by atoms with van der Waals surface area (Å²) in [6.45, 7) is 4.74. The monoisotopic (exact) mass is 646 g/mol. The molecule has 2 fully saturated rings. The van der Waals surface area contributed by atoms with Crippen molar-refractivity contribution >= 4 is 38.5 Å². The van der Waals surface area contributed by atoms with Gasteiger partial charge in [0.05, 0.1) is 51.0 Å². The molecule has 15 heteroatoms. The minimum absolute atomic E-state index is 0.0960. The maximum atomic E-state index is 15.3. The average molecular weight is 647 g/mol. The maximum absolute atomic E-state index is 15.3. The van der Waals surface area contributed by atoms with Gasteiger partial charge in [-0.25, -0.2) is 27.8 Å². The van der Waals surface area contributed by atoms with Gasteiger partial charge in [0.2, 0.25) is 21.9 Å². The third-order valence-electron chi connectivity index (χ3n) is 7.77. The molecular formula is C30H39FN6O7S. The van der Waals surface area contributed by atoms with E-state index >= 15 is 4.39 Å². The van der Waals surface area contributed by atoms with Gasteiger partial charge in [-0.1, -0.05) is 0 Å². The van der Waals surface area contributed by atoms with E-state index in [-0.39, 0.29) is 23.6 Å². The highest BCUT2D eigenvalue weighted by Crippen LogP contribution is 2.35. The molecule has 2 aromatic heterocycles. The fourth-order valence-electron chi connectivity index (χ4n) is 5.56. The summed E-state index contributed by atoms with van der Waals surface area (Å²) < 4.78 is 63.3. The number of fused-ring (bicyclic) bond motifs is 1. The van der Waals surface area contributed by atoms with Crippen LogP contribution in [-0.2, 0) is 35.6 Å². The maximum Gasteiger partial charge on any atom is 0.305 e. The third-order valence-corrected chi connectivity index (χ3v) is 8.37. The van der Waals surface area contributed by atoms with Crippen LogP contribution in [0.1, 0.15) is 31.2 Å². The Morgan fingerprint density at radius 1 is 1.11 bits per heavy atom. The molecule has 0 amide bonds. The third kappa shape index (κ3) is 8.54. The second-order valence-electron chi connectivity index (χ2n) is 11.1. The Morgan fingerprint density at radius 3 is 2.56 bits per heavy atom. The number of carbonyl (C=O) groups is 1. The summed E-state index contributed by atoms with van der Waals surface area (Å²) in [4.78, 5) is 29.7. The number of morpholine rings is 1. The van der Waals surface area contributed by atoms with Crippen molar-refractivity contribution in [3.8, 4) is 17.1 Å². The number of methoxy groups -OCH3 is 2. The van der Waals surface area contributed by atoms with Crippen molar-refractivity contribution in [3.63, 3.8) is 0 Å². The largest absolute Gasteiger partial charge is 0.480 e. The van der Waals surface area contributed by atoms with Gasteiger partial charge in [0, 0.05) is 62.9 Å². The van der Waals surface area contributed by atoms with Crippen LogP contribution in [0.5, 0.6) is 5.88 Å². The van der Waals surface area contributed by atoms with E-state index in [0.717, 1.165) is 37.8 Å². The number of esters is 1. The Kier molecular flexibility index (Phi) is 10.6. The highest BCUT2D eigenvalue weighted by Gasteiger charge is 2.24. The van der Waals surface area contributed by atoms with E-state index in [1.54, 1.807) is 6.07 Å². The first kappa shape index (κ1) is 32.7. The molecule has 3 aromatic rings. The number of carbonyl (C=O) groups excluding carboxylic acids is 1. The van der Waals surface area contributed by atoms with Crippen LogP contribution in [0, 0.1) is 5.82 Å². The van der Waals surface area contributed by atoms with Gasteiger partial charge in [0.15, 0.2) is 0 Å². The Morgan fingerprint density at radius 2 is 1.87 bits per heavy atom. The molecule has 2 aliphatic rings. The molecule has 0 radical (unpaired) electrons. The number of hydrogen-bond acceptors (Lipinski definition) is 12. The van der Waals surface area contributed by atoms with Gasteiger partial charge in [-0.05, 0) is 43.0 Å². The second kappa shape index (κ2) is 14.6. The first-order valence-corrected chi connectivity index (χ1v) is 16.8. The van der Waals surface area contributed by atoms with Crippen LogP contribution in [0.2, 0.25) is 0 Å². The number of pyridine rings is 1. The zero-order valence-electron chi connectivity index (χ0n) is 25.8. The predicted molar refractivity (Wildman–Crippen MR) is 166 cm³/mol. The van der Waals surface area contributed by atoms with Crippen LogP contribution >= 0.6 is 0 Å². The number of ether oxygens (including phenoxy) is 4. The van der Waals surface area contributed by atoms with Crippen molar-refractivity contribution in [2.75, 3.05) is 76.1 Å². The molecule has 1 N–H and O–H groups in total. The van der Waals surface area contributed by atoms with Gasteiger partial charge in [-0.3, -0.25) is 14.4 Å². The smallest absolute Gasteiger partial charge is 0.305 e. The molecule has 45 heavy (non-hydrogen) atoms. The topological polar surface area (TPSA) is 145 Å². The lowest BCUT2D eigenvalue weighted by Crippen LogP contribution is -2.37. The van der Waals surface area contributed by atoms with Crippen LogP contribution < -0.4 is 14.4 Å². The minimum Gasteiger partial charge on any atom is -0.480 e. The van der Waals surface area contributed by atoms with Crippen molar-refractivity contribution < 1.29 is 36.6 Å². The quantitative estimate of drug-likeness (QED) is 0.228. The summed E-state index contributed by atoms with van der Waals surface area (Å²) in [5.74, 6) is -0.102. The van der Waals surface area contributed by atoms with Gasteiger partial charge in [-0.15, -0.1) is 0 Å². The molecule has 2 aliphatic heterocycles. The summed E-state index contributed by atoms with van der Waals surface area (Å²) in [5.41, 5.74) is 2.37. The molecule has 2 saturated heterocycles. The van der Waals surface area contributed by atoms with Gasteiger partial charge >= 0.3 is 5.97 Å². The van der Waals surface area contributed by atoms with Crippen LogP contribution in [0.3, 0.4) is 0 Å². The number of sulfonamides is 1. The van der Waals surface area contributed by atoms with E-state index in [4.69, 9.17) is 24.2 Å². The highest BCUT2D eigenvalue weighted by atomic mass is 32.2. The SMILES string of the molecule is COC(=O)CCCOC1CCN(Cc2cc(F)cc3c(-c4cnc(OC)c(NS(C)(=O)=O)c4)nc(N4CCOCC4)nc23)CC1. The molecule has 244 valence electrons. The number of aromatic nitrogens is 3. The molecule has 0 saturated carbocycles. The number of piperidine rings is 1. The molecule has 1 aromatic carbocycles. The molecular weight excluding hydrogens is 607 g/mol. The zero-order chi connectivity index (χ0) is 32.0. The van der Waals surface area contributed by atoms with Crippen LogP contribution in [-0.4, -0.2) is 107 Å². The van der Waals surface area contributed by atoms with E-state index in [0.29, 0.717) is 80.4 Å². The lowest BCUT2D eigenvalue weighted by atomic mass is 10.0. The standard InChI is InChI=1S/C30H39FN6O7S/c1-41-26(38)5-4-12-44-23-6-8-36(9-7-23)19-21-15-22(31)17-24-27(33-30(34-28(21)24)37-10-13-43-14-11-37)20-16-25(35-45(3,39)40)29(42-2)32-18-20/h15-18,23,35H,4-14,19H2,1-3H3. The number of halogens is 1. The fraction of sp³-hybridized carbons (Fsp3) is 0.533. The molecule has 4 heterocycles. The first-order chi connectivity index (χ1) is 21.6. The lowest BCUT2D eigenvalue weighted by molar-refractivity contribution is -0.141. The van der Waals surface area contributed by atoms with Crippen LogP contribution in [0.25, 0.3) is 22.2 Å². The Labute approximate surface area is 262 Å². The highest BCUT2D eigenvalue weighted by molar-refractivity contribution is 7.92. The fourth-order valence-corrected chi connectivity index (χ4v) is 6.11. The molecule has 0 bridgehead atoms. The molecule has 5 rings (SSSR count). The van der Waals surface area contributed by atoms with E-state index in [9.17, 15) is 13.2 Å². The first-order valence-electron chi connectivity index (χ1n) is 14.9. The number of anilines is 2. The minimum atomic E-state index is -3.64. The number of nitrogens with zero attached hydrogens (tertiary/aromatic N) is 5. The predicted octanol–water partition coefficient (Wildman–Crippen LogP) is 2.98. The van der Waals surface area contributed by atoms with Crippen molar-refractivity contribution in [1.82, 2.24) is 19.9 Å². The average Bonchev–Trinajstić information content (AvgIpc) is 3.03. The lowest BCUT2D eigenvalue weighted by Gasteiger charge is -2.32. The molecule has 0 atom stereocenters. The molecule has 0 unspecified atom stereocenters. The van der Waals surface area contributed by atoms with E-state index < -0.39 is 15.8 Å². The van der Waals surface area contributed by atoms with Crippen LogP contribution in [0.4, 0.5) is 16.0 Å². The van der Waals surface area contributed by atoms with Gasteiger partial charge in [0.25, 0.3) is 0 Å². The molecule has 0 aliphatic carbocycles. The Hall–Kier alpha value is -3.66. The van der Waals surface area contributed by atoms with Gasteiger partial charge in [-0.2, -0.15) is 0 Å². The van der Waals surface area contributed by atoms with E-state index in [1.807, 2.05) is 4.90 Å². The number of hydrogen-bond donors (Lipinski definition) is 1. The summed E-state index contributed by atoms with van der Waals surface area (Å²) in [6.07, 6.45) is 5.25. The Bertz CT molecular complexity index is 1610. The Balaban J connectivity index is 1.45. The number of rotatable bonds is 12. The molecule has 13 nitrogen and oxygen atoms in total. The number of benzene rings is 1. The van der Waals surface area contributed by atoms with Crippen molar-refractivity contribution in [1.29, 1.82) is 0 Å². The summed E-state index contributed by atoms with van der Waals surface area (Å²) in [5, 5.41) is 0.489. The van der Waals surface area contributed by atoms with Crippen molar-refractivity contribution in [2.24, 2.45) is 0 Å². The number of likely N-dealkylation sites (tertiary alicyclic amines) is 1. The normalized spacial score (nSPS) is 16.6. The van der Waals surface area contributed by atoms with Gasteiger partial charge < -0.3 is 23.8 Å². The summed E-state index contributed by atoms with van der Waals surface area (Å²) in [7, 11) is -0.865. The summed E-state index contributed by atoms with van der Waals surface area (Å²) >= 11 is 0. The zero-order valence-corrected chi connectivity index (χ0v) is 26.6. The van der Waals surface area contributed by atoms with Crippen molar-refractivity contribution in [3.05, 3.63) is 35.8 Å².